The van der Waals surface area contributed by atoms with Crippen LogP contribution >= 0.6 is 0 Å². The van der Waals surface area contributed by atoms with E-state index < -0.39 is 24.0 Å². The first-order valence-electron chi connectivity index (χ1n) is 5.85. The number of carbonyl (C=O) groups excluding carboxylic acids is 1. The second-order valence-electron chi connectivity index (χ2n) is 4.24. The van der Waals surface area contributed by atoms with Gasteiger partial charge in [-0.1, -0.05) is 12.1 Å². The summed E-state index contributed by atoms with van der Waals surface area (Å²) in [5, 5.41) is 11.5. The van der Waals surface area contributed by atoms with Crippen molar-refractivity contribution in [2.45, 2.75) is 25.4 Å². The number of carboxylic acids is 1. The maximum Gasteiger partial charge on any atom is 0.326 e. The molecule has 19 heavy (non-hydrogen) atoms. The maximum absolute atomic E-state index is 11.4. The van der Waals surface area contributed by atoms with E-state index in [2.05, 4.69) is 5.32 Å². The molecule has 104 valence electrons. The van der Waals surface area contributed by atoms with Crippen LogP contribution in [0.3, 0.4) is 0 Å². The minimum absolute atomic E-state index is 0.192. The lowest BCUT2D eigenvalue weighted by molar-refractivity contribution is -0.141. The summed E-state index contributed by atoms with van der Waals surface area (Å²) in [6.07, 6.45) is 0.192. The van der Waals surface area contributed by atoms with Crippen LogP contribution in [0.1, 0.15) is 12.5 Å². The number of aliphatic carboxylic acids is 1. The molecule has 1 aromatic carbocycles. The predicted molar refractivity (Wildman–Crippen MR) is 69.9 cm³/mol. The minimum Gasteiger partial charge on any atom is -0.497 e. The van der Waals surface area contributed by atoms with Crippen LogP contribution in [-0.4, -0.2) is 36.2 Å². The molecule has 0 aliphatic rings. The lowest BCUT2D eigenvalue weighted by atomic mass is 10.1. The molecule has 0 saturated heterocycles. The molecule has 0 heterocycles. The fourth-order valence-electron chi connectivity index (χ4n) is 1.50. The van der Waals surface area contributed by atoms with Crippen LogP contribution in [0.4, 0.5) is 0 Å². The molecule has 6 heteroatoms. The van der Waals surface area contributed by atoms with Crippen molar-refractivity contribution >= 4 is 11.9 Å². The summed E-state index contributed by atoms with van der Waals surface area (Å²) in [5.74, 6) is -0.888. The highest BCUT2D eigenvalue weighted by atomic mass is 16.5. The predicted octanol–water partition coefficient (Wildman–Crippen LogP) is 0.154. The van der Waals surface area contributed by atoms with E-state index in [1.165, 1.54) is 6.92 Å². The molecule has 0 saturated carbocycles. The quantitative estimate of drug-likeness (QED) is 0.680. The molecule has 0 aliphatic heterocycles. The third-order valence-electron chi connectivity index (χ3n) is 2.63. The molecule has 0 fully saturated rings. The molecule has 0 aliphatic carbocycles. The fourth-order valence-corrected chi connectivity index (χ4v) is 1.50. The van der Waals surface area contributed by atoms with Crippen molar-refractivity contribution in [3.8, 4) is 5.75 Å². The first-order valence-corrected chi connectivity index (χ1v) is 5.85. The first kappa shape index (κ1) is 15.0. The Morgan fingerprint density at radius 2 is 1.95 bits per heavy atom. The average Bonchev–Trinajstić information content (AvgIpc) is 2.38. The number of carboxylic acid groups (broad SMARTS) is 1. The number of hydrogen-bond acceptors (Lipinski definition) is 4. The summed E-state index contributed by atoms with van der Waals surface area (Å²) in [4.78, 5) is 22.5. The van der Waals surface area contributed by atoms with E-state index in [1.807, 2.05) is 0 Å². The third-order valence-corrected chi connectivity index (χ3v) is 2.63. The van der Waals surface area contributed by atoms with Crippen molar-refractivity contribution < 1.29 is 19.4 Å². The van der Waals surface area contributed by atoms with Crippen molar-refractivity contribution in [1.29, 1.82) is 0 Å². The highest BCUT2D eigenvalue weighted by Crippen LogP contribution is 2.12. The van der Waals surface area contributed by atoms with Crippen LogP contribution in [-0.2, 0) is 16.0 Å². The van der Waals surface area contributed by atoms with Gasteiger partial charge in [-0.3, -0.25) is 4.79 Å². The second kappa shape index (κ2) is 6.75. The van der Waals surface area contributed by atoms with Gasteiger partial charge in [-0.25, -0.2) is 4.79 Å². The molecule has 1 rings (SSSR count). The van der Waals surface area contributed by atoms with Crippen LogP contribution in [0.5, 0.6) is 5.75 Å². The van der Waals surface area contributed by atoms with Crippen LogP contribution < -0.4 is 15.8 Å². The van der Waals surface area contributed by atoms with Crippen LogP contribution in [0, 0.1) is 0 Å². The summed E-state index contributed by atoms with van der Waals surface area (Å²) in [6.45, 7) is 1.50. The smallest absolute Gasteiger partial charge is 0.326 e. The standard InChI is InChI=1S/C13H18N2O4/c1-8(14)12(16)15-11(13(17)18)7-9-3-5-10(19-2)6-4-9/h3-6,8,11H,7,14H2,1-2H3,(H,15,16)(H,17,18). The summed E-state index contributed by atoms with van der Waals surface area (Å²) in [7, 11) is 1.55. The van der Waals surface area contributed by atoms with Crippen molar-refractivity contribution in [1.82, 2.24) is 5.32 Å². The SMILES string of the molecule is COc1ccc(CC(NC(=O)C(C)N)C(=O)O)cc1. The summed E-state index contributed by atoms with van der Waals surface area (Å²) in [6, 6.07) is 5.26. The number of rotatable bonds is 6. The number of carbonyl (C=O) groups is 2. The monoisotopic (exact) mass is 266 g/mol. The average molecular weight is 266 g/mol. The Kier molecular flexibility index (Phi) is 5.32. The normalized spacial score (nSPS) is 13.4. The van der Waals surface area contributed by atoms with Crippen LogP contribution in [0.25, 0.3) is 0 Å². The van der Waals surface area contributed by atoms with E-state index in [1.54, 1.807) is 31.4 Å². The Balaban J connectivity index is 2.72. The Hall–Kier alpha value is -2.08. The molecule has 0 radical (unpaired) electrons. The van der Waals surface area contributed by atoms with Crippen LogP contribution in [0.15, 0.2) is 24.3 Å². The van der Waals surface area contributed by atoms with Gasteiger partial charge in [0.2, 0.25) is 5.91 Å². The Bertz CT molecular complexity index is 442. The van der Waals surface area contributed by atoms with E-state index in [0.29, 0.717) is 5.75 Å². The van der Waals surface area contributed by atoms with Gasteiger partial charge in [0.05, 0.1) is 13.2 Å². The number of nitrogens with one attached hydrogen (secondary N) is 1. The molecule has 0 bridgehead atoms. The lowest BCUT2D eigenvalue weighted by Gasteiger charge is -2.16. The van der Waals surface area contributed by atoms with Gasteiger partial charge in [0.15, 0.2) is 0 Å². The molecular weight excluding hydrogens is 248 g/mol. The van der Waals surface area contributed by atoms with Crippen LogP contribution in [0.2, 0.25) is 0 Å². The number of hydrogen-bond donors (Lipinski definition) is 3. The van der Waals surface area contributed by atoms with Crippen molar-refractivity contribution in [2.75, 3.05) is 7.11 Å². The molecule has 4 N–H and O–H groups in total. The highest BCUT2D eigenvalue weighted by molar-refractivity contribution is 5.86. The molecule has 1 amide bonds. The van der Waals surface area contributed by atoms with Gasteiger partial charge in [0, 0.05) is 6.42 Å². The molecule has 2 atom stereocenters. The molecule has 0 spiro atoms. The number of methoxy groups -OCH3 is 1. The molecule has 1 aromatic rings. The van der Waals surface area contributed by atoms with Gasteiger partial charge in [0.25, 0.3) is 0 Å². The van der Waals surface area contributed by atoms with Crippen molar-refractivity contribution in [3.05, 3.63) is 29.8 Å². The zero-order valence-corrected chi connectivity index (χ0v) is 10.9. The zero-order chi connectivity index (χ0) is 14.4. The molecule has 2 unspecified atom stereocenters. The topological polar surface area (TPSA) is 102 Å². The number of amides is 1. The third kappa shape index (κ3) is 4.59. The number of benzene rings is 1. The second-order valence-corrected chi connectivity index (χ2v) is 4.24. The van der Waals surface area contributed by atoms with Gasteiger partial charge in [-0.15, -0.1) is 0 Å². The van der Waals surface area contributed by atoms with Gasteiger partial charge in [0.1, 0.15) is 11.8 Å². The molecule has 6 nitrogen and oxygen atoms in total. The Labute approximate surface area is 111 Å². The van der Waals surface area contributed by atoms with Gasteiger partial charge in [-0.05, 0) is 24.6 Å². The van der Waals surface area contributed by atoms with Gasteiger partial charge in [-0.2, -0.15) is 0 Å². The fraction of sp³-hybridized carbons (Fsp3) is 0.385. The maximum atomic E-state index is 11.4. The van der Waals surface area contributed by atoms with E-state index in [9.17, 15) is 9.59 Å². The summed E-state index contributed by atoms with van der Waals surface area (Å²) >= 11 is 0. The molecule has 0 aromatic heterocycles. The number of ether oxygens (including phenoxy) is 1. The minimum atomic E-state index is -1.09. The van der Waals surface area contributed by atoms with Gasteiger partial charge < -0.3 is 20.9 Å². The zero-order valence-electron chi connectivity index (χ0n) is 10.9. The van der Waals surface area contributed by atoms with E-state index in [0.717, 1.165) is 5.56 Å². The van der Waals surface area contributed by atoms with Gasteiger partial charge >= 0.3 is 5.97 Å². The molecular formula is C13H18N2O4. The summed E-state index contributed by atoms with van der Waals surface area (Å²) < 4.78 is 5.02. The van der Waals surface area contributed by atoms with E-state index >= 15 is 0 Å². The van der Waals surface area contributed by atoms with E-state index in [4.69, 9.17) is 15.6 Å². The van der Waals surface area contributed by atoms with Crippen molar-refractivity contribution in [3.63, 3.8) is 0 Å². The summed E-state index contributed by atoms with van der Waals surface area (Å²) in [5.41, 5.74) is 6.18. The van der Waals surface area contributed by atoms with E-state index in [-0.39, 0.29) is 6.42 Å². The number of nitrogens with two attached hydrogens (primary N) is 1. The largest absolute Gasteiger partial charge is 0.497 e. The highest BCUT2D eigenvalue weighted by Gasteiger charge is 2.21. The Morgan fingerprint density at radius 1 is 1.37 bits per heavy atom. The van der Waals surface area contributed by atoms with Crippen molar-refractivity contribution in [2.24, 2.45) is 5.73 Å². The Morgan fingerprint density at radius 3 is 2.37 bits per heavy atom. The first-order chi connectivity index (χ1) is 8.93. The lowest BCUT2D eigenvalue weighted by Crippen LogP contribution is -2.48.